The maximum absolute atomic E-state index is 12.1. The van der Waals surface area contributed by atoms with Gasteiger partial charge in [-0.05, 0) is 37.6 Å². The van der Waals surface area contributed by atoms with E-state index in [9.17, 15) is 14.4 Å². The lowest BCUT2D eigenvalue weighted by Gasteiger charge is -2.42. The van der Waals surface area contributed by atoms with E-state index in [4.69, 9.17) is 0 Å². The summed E-state index contributed by atoms with van der Waals surface area (Å²) in [6.45, 7) is 9.88. The van der Waals surface area contributed by atoms with E-state index < -0.39 is 6.04 Å². The smallest absolute Gasteiger partial charge is 0.234 e. The van der Waals surface area contributed by atoms with Gasteiger partial charge in [0.05, 0.1) is 12.6 Å². The number of likely N-dealkylation sites (N-methyl/N-ethyl adjacent to an activating group) is 1. The quantitative estimate of drug-likeness (QED) is 0.573. The summed E-state index contributed by atoms with van der Waals surface area (Å²) < 4.78 is 0. The number of carbonyl (C=O) groups is 3. The van der Waals surface area contributed by atoms with Crippen molar-refractivity contribution in [3.8, 4) is 0 Å². The monoisotopic (exact) mass is 312 g/mol. The van der Waals surface area contributed by atoms with Gasteiger partial charge in [-0.1, -0.05) is 34.1 Å². The third-order valence-corrected chi connectivity index (χ3v) is 4.81. The largest absolute Gasteiger partial charge is 0.345 e. The van der Waals surface area contributed by atoms with Crippen molar-refractivity contribution in [3.05, 3.63) is 0 Å². The molecule has 0 radical (unpaired) electrons. The second-order valence-corrected chi connectivity index (χ2v) is 6.86. The molecule has 22 heavy (non-hydrogen) atoms. The lowest BCUT2D eigenvalue weighted by molar-refractivity contribution is -0.130. The molecule has 5 nitrogen and oxygen atoms in total. The zero-order valence-electron chi connectivity index (χ0n) is 14.9. The maximum Gasteiger partial charge on any atom is 0.234 e. The third-order valence-electron chi connectivity index (χ3n) is 4.81. The number of aldehydes is 1. The first kappa shape index (κ1) is 20.8. The molecule has 0 aromatic rings. The molecule has 0 spiro atoms. The first-order valence-corrected chi connectivity index (χ1v) is 8.06. The molecular formula is C17H32N2O3. The van der Waals surface area contributed by atoms with Crippen LogP contribution in [0.5, 0.6) is 0 Å². The first-order valence-electron chi connectivity index (χ1n) is 8.06. The van der Waals surface area contributed by atoms with E-state index in [0.29, 0.717) is 6.42 Å². The molecule has 0 aliphatic heterocycles. The topological polar surface area (TPSA) is 75.3 Å². The minimum Gasteiger partial charge on any atom is -0.345 e. The molecule has 0 heterocycles. The molecule has 0 aromatic heterocycles. The third kappa shape index (κ3) is 5.87. The number of carbonyl (C=O) groups excluding carboxylic acids is 3. The second-order valence-electron chi connectivity index (χ2n) is 6.86. The Bertz CT molecular complexity index is 397. The number of amides is 1. The van der Waals surface area contributed by atoms with Crippen LogP contribution in [0.1, 0.15) is 60.3 Å². The molecule has 1 amide bonds. The van der Waals surface area contributed by atoms with Gasteiger partial charge in [-0.3, -0.25) is 9.59 Å². The molecule has 0 bridgehead atoms. The highest BCUT2D eigenvalue weighted by molar-refractivity contribution is 5.88. The molecule has 0 aromatic carbocycles. The average molecular weight is 312 g/mol. The van der Waals surface area contributed by atoms with Crippen molar-refractivity contribution in [2.24, 2.45) is 10.8 Å². The summed E-state index contributed by atoms with van der Waals surface area (Å²) in [7, 11) is 1.69. The number of nitrogens with one attached hydrogen (secondary N) is 2. The summed E-state index contributed by atoms with van der Waals surface area (Å²) in [6.07, 6.45) is 3.74. The van der Waals surface area contributed by atoms with Gasteiger partial charge in [-0.25, -0.2) is 0 Å². The molecule has 0 aliphatic rings. The van der Waals surface area contributed by atoms with Crippen molar-refractivity contribution >= 4 is 18.0 Å². The van der Waals surface area contributed by atoms with Gasteiger partial charge in [0.1, 0.15) is 6.29 Å². The molecule has 0 fully saturated rings. The Balaban J connectivity index is 5.37. The lowest BCUT2D eigenvalue weighted by Crippen LogP contribution is -2.53. The van der Waals surface area contributed by atoms with Crippen LogP contribution >= 0.6 is 0 Å². The Morgan fingerprint density at radius 2 is 1.77 bits per heavy atom. The average Bonchev–Trinajstić information content (AvgIpc) is 2.44. The fourth-order valence-corrected chi connectivity index (χ4v) is 3.09. The van der Waals surface area contributed by atoms with Gasteiger partial charge in [0.15, 0.2) is 5.78 Å². The summed E-state index contributed by atoms with van der Waals surface area (Å²) >= 11 is 0. The van der Waals surface area contributed by atoms with Crippen molar-refractivity contribution < 1.29 is 14.4 Å². The molecular weight excluding hydrogens is 280 g/mol. The Hall–Kier alpha value is -1.23. The summed E-state index contributed by atoms with van der Waals surface area (Å²) in [5, 5.41) is 5.65. The fraction of sp³-hybridized carbons (Fsp3) is 0.824. The van der Waals surface area contributed by atoms with Crippen LogP contribution in [0.15, 0.2) is 0 Å². The minimum absolute atomic E-state index is 0.0432. The van der Waals surface area contributed by atoms with Gasteiger partial charge in [0.25, 0.3) is 0 Å². The molecule has 3 unspecified atom stereocenters. The van der Waals surface area contributed by atoms with Gasteiger partial charge in [0.2, 0.25) is 5.91 Å². The van der Waals surface area contributed by atoms with Crippen LogP contribution in [0, 0.1) is 10.8 Å². The van der Waals surface area contributed by atoms with E-state index in [1.54, 1.807) is 7.05 Å². The zero-order chi connectivity index (χ0) is 17.4. The van der Waals surface area contributed by atoms with E-state index in [0.717, 1.165) is 25.5 Å². The Morgan fingerprint density at radius 3 is 2.14 bits per heavy atom. The van der Waals surface area contributed by atoms with Crippen LogP contribution in [-0.4, -0.2) is 37.6 Å². The molecule has 0 saturated heterocycles. The van der Waals surface area contributed by atoms with E-state index in [-0.39, 0.29) is 29.1 Å². The van der Waals surface area contributed by atoms with Crippen LogP contribution in [0.2, 0.25) is 0 Å². The highest BCUT2D eigenvalue weighted by Crippen LogP contribution is 2.43. The Morgan fingerprint density at radius 1 is 1.18 bits per heavy atom. The molecule has 0 rings (SSSR count). The lowest BCUT2D eigenvalue weighted by atomic mass is 9.65. The van der Waals surface area contributed by atoms with Crippen molar-refractivity contribution in [1.29, 1.82) is 0 Å². The molecule has 5 heteroatoms. The molecule has 3 atom stereocenters. The summed E-state index contributed by atoms with van der Waals surface area (Å²) in [5.74, 6) is -0.227. The SMILES string of the molecule is CCC(C)(CC=O)CC(C)(CC)C(NC(=O)CNC)C(C)=O. The zero-order valence-corrected chi connectivity index (χ0v) is 14.9. The Kier molecular flexibility index (Phi) is 8.53. The number of ketones is 1. The summed E-state index contributed by atoms with van der Waals surface area (Å²) in [6, 6.07) is -0.532. The number of hydrogen-bond acceptors (Lipinski definition) is 4. The predicted molar refractivity (Wildman–Crippen MR) is 88.6 cm³/mol. The van der Waals surface area contributed by atoms with Gasteiger partial charge in [0, 0.05) is 6.42 Å². The maximum atomic E-state index is 12.1. The number of Topliss-reactive ketones (excluding diaryl/α,β-unsaturated/α-hetero) is 1. The van der Waals surface area contributed by atoms with Crippen LogP contribution in [0.25, 0.3) is 0 Å². The summed E-state index contributed by atoms with van der Waals surface area (Å²) in [4.78, 5) is 35.0. The van der Waals surface area contributed by atoms with E-state index >= 15 is 0 Å². The highest BCUT2D eigenvalue weighted by Gasteiger charge is 2.41. The van der Waals surface area contributed by atoms with E-state index in [2.05, 4.69) is 24.5 Å². The molecule has 0 aliphatic carbocycles. The van der Waals surface area contributed by atoms with Crippen LogP contribution in [-0.2, 0) is 14.4 Å². The van der Waals surface area contributed by atoms with E-state index in [1.807, 2.05) is 13.8 Å². The first-order chi connectivity index (χ1) is 10.2. The normalized spacial score (nSPS) is 17.9. The van der Waals surface area contributed by atoms with Gasteiger partial charge in [-0.15, -0.1) is 0 Å². The Labute approximate surface area is 134 Å². The van der Waals surface area contributed by atoms with Gasteiger partial charge in [-0.2, -0.15) is 0 Å². The van der Waals surface area contributed by atoms with Crippen molar-refractivity contribution in [3.63, 3.8) is 0 Å². The molecule has 128 valence electrons. The van der Waals surface area contributed by atoms with Gasteiger partial charge < -0.3 is 15.4 Å². The molecule has 0 saturated carbocycles. The van der Waals surface area contributed by atoms with E-state index in [1.165, 1.54) is 6.92 Å². The summed E-state index contributed by atoms with van der Waals surface area (Å²) in [5.41, 5.74) is -0.531. The number of rotatable bonds is 11. The van der Waals surface area contributed by atoms with Crippen LogP contribution < -0.4 is 10.6 Å². The van der Waals surface area contributed by atoms with Crippen molar-refractivity contribution in [2.45, 2.75) is 66.3 Å². The second kappa shape index (κ2) is 9.03. The minimum atomic E-state index is -0.532. The number of hydrogen-bond donors (Lipinski definition) is 2. The molecule has 2 N–H and O–H groups in total. The predicted octanol–water partition coefficient (Wildman–Crippen LogP) is 2.09. The highest BCUT2D eigenvalue weighted by atomic mass is 16.2. The van der Waals surface area contributed by atoms with Crippen LogP contribution in [0.3, 0.4) is 0 Å². The fourth-order valence-electron chi connectivity index (χ4n) is 3.09. The van der Waals surface area contributed by atoms with Crippen LogP contribution in [0.4, 0.5) is 0 Å². The van der Waals surface area contributed by atoms with Crippen molar-refractivity contribution in [1.82, 2.24) is 10.6 Å². The standard InChI is InChI=1S/C17H32N2O3/c1-7-16(4,9-10-20)12-17(5,8-2)15(13(3)21)19-14(22)11-18-6/h10,15,18H,7-9,11-12H2,1-6H3,(H,19,22). The van der Waals surface area contributed by atoms with Crippen molar-refractivity contribution in [2.75, 3.05) is 13.6 Å². The van der Waals surface area contributed by atoms with Gasteiger partial charge >= 0.3 is 0 Å².